The molecular weight excluding hydrogens is 487 g/mol. The normalized spacial score (nSPS) is 18.7. The van der Waals surface area contributed by atoms with Gasteiger partial charge >= 0.3 is 6.09 Å². The van der Waals surface area contributed by atoms with Crippen molar-refractivity contribution >= 4 is 23.0 Å². The molecule has 3 aromatic rings. The Balaban J connectivity index is 1.75. The van der Waals surface area contributed by atoms with E-state index < -0.39 is 23.6 Å². The van der Waals surface area contributed by atoms with Crippen molar-refractivity contribution in [3.8, 4) is 11.1 Å². The average molecular weight is 525 g/mol. The molecule has 4 rings (SSSR count). The van der Waals surface area contributed by atoms with Crippen LogP contribution in [0, 0.1) is 24.6 Å². The smallest absolute Gasteiger partial charge is 0.408 e. The number of nitrogens with one attached hydrogen (secondary N) is 2. The maximum Gasteiger partial charge on any atom is 0.408 e. The lowest BCUT2D eigenvalue weighted by atomic mass is 9.79. The van der Waals surface area contributed by atoms with Gasteiger partial charge in [0.15, 0.2) is 5.82 Å². The molecule has 2 amide bonds. The van der Waals surface area contributed by atoms with E-state index >= 15 is 4.39 Å². The molecule has 2 aromatic heterocycles. The number of imidazole rings is 1. The number of aryl methyl sites for hydroxylation is 1. The second-order valence-electron chi connectivity index (χ2n) is 11.5. The fourth-order valence-corrected chi connectivity index (χ4v) is 4.92. The van der Waals surface area contributed by atoms with E-state index in [0.717, 1.165) is 25.7 Å². The van der Waals surface area contributed by atoms with Crippen molar-refractivity contribution in [2.24, 2.45) is 11.8 Å². The minimum absolute atomic E-state index is 0.123. The molecule has 0 bridgehead atoms. The molecular formula is C28H37FN6O3. The number of H-pyrrole nitrogens is 1. The summed E-state index contributed by atoms with van der Waals surface area (Å²) in [4.78, 5) is 43.3. The van der Waals surface area contributed by atoms with Gasteiger partial charge in [0.1, 0.15) is 28.5 Å². The summed E-state index contributed by atoms with van der Waals surface area (Å²) in [6.07, 6.45) is 4.86. The number of aromatic amines is 1. The highest BCUT2D eigenvalue weighted by Crippen LogP contribution is 2.38. The molecule has 1 fully saturated rings. The van der Waals surface area contributed by atoms with Gasteiger partial charge in [0, 0.05) is 31.4 Å². The zero-order chi connectivity index (χ0) is 27.8. The number of amides is 2. The van der Waals surface area contributed by atoms with Crippen LogP contribution in [0.25, 0.3) is 22.2 Å². The molecule has 38 heavy (non-hydrogen) atoms. The van der Waals surface area contributed by atoms with Crippen molar-refractivity contribution in [1.29, 1.82) is 0 Å². The number of hydrogen-bond acceptors (Lipinski definition) is 6. The van der Waals surface area contributed by atoms with E-state index in [2.05, 4.69) is 32.2 Å². The van der Waals surface area contributed by atoms with Crippen LogP contribution in [-0.2, 0) is 4.74 Å². The molecule has 1 aliphatic rings. The monoisotopic (exact) mass is 524 g/mol. The van der Waals surface area contributed by atoms with Crippen molar-refractivity contribution in [2.45, 2.75) is 71.9 Å². The van der Waals surface area contributed by atoms with E-state index in [4.69, 9.17) is 4.74 Å². The van der Waals surface area contributed by atoms with E-state index in [-0.39, 0.29) is 28.6 Å². The molecule has 204 valence electrons. The second kappa shape index (κ2) is 10.7. The van der Waals surface area contributed by atoms with E-state index in [1.54, 1.807) is 33.2 Å². The first-order valence-corrected chi connectivity index (χ1v) is 13.1. The number of alkyl carbamates (subject to hydrolysis) is 1. The highest BCUT2D eigenvalue weighted by Gasteiger charge is 2.33. The highest BCUT2D eigenvalue weighted by atomic mass is 19.1. The maximum absolute atomic E-state index is 16.0. The lowest BCUT2D eigenvalue weighted by molar-refractivity contribution is 0.0468. The third kappa shape index (κ3) is 5.95. The first-order valence-electron chi connectivity index (χ1n) is 13.1. The van der Waals surface area contributed by atoms with E-state index in [1.807, 2.05) is 20.8 Å². The number of rotatable bonds is 5. The van der Waals surface area contributed by atoms with Crippen LogP contribution in [0.1, 0.15) is 81.6 Å². The first kappa shape index (κ1) is 27.5. The van der Waals surface area contributed by atoms with Gasteiger partial charge < -0.3 is 19.9 Å². The number of carbonyl (C=O) groups excluding carboxylic acids is 2. The minimum atomic E-state index is -0.650. The molecule has 1 aromatic carbocycles. The number of nitrogens with zero attached hydrogens (tertiary/aromatic N) is 4. The summed E-state index contributed by atoms with van der Waals surface area (Å²) in [5, 5.41) is 3.00. The summed E-state index contributed by atoms with van der Waals surface area (Å²) in [6, 6.07) is 2.86. The van der Waals surface area contributed by atoms with Gasteiger partial charge in [-0.05, 0) is 64.5 Å². The fourth-order valence-electron chi connectivity index (χ4n) is 4.92. The molecule has 1 saturated carbocycles. The Morgan fingerprint density at radius 3 is 2.45 bits per heavy atom. The molecule has 0 saturated heterocycles. The molecule has 0 aliphatic heterocycles. The zero-order valence-electron chi connectivity index (χ0n) is 23.2. The van der Waals surface area contributed by atoms with Crippen molar-refractivity contribution in [3.05, 3.63) is 41.5 Å². The predicted octanol–water partition coefficient (Wildman–Crippen LogP) is 5.56. The molecule has 0 spiro atoms. The van der Waals surface area contributed by atoms with E-state index in [9.17, 15) is 9.59 Å². The van der Waals surface area contributed by atoms with Crippen molar-refractivity contribution in [3.63, 3.8) is 0 Å². The van der Waals surface area contributed by atoms with Crippen LogP contribution in [0.15, 0.2) is 18.3 Å². The SMILES string of the molecule is Cc1ncc(-c2ccc3[nH]c([C@@H](NC(=O)OC(C)(C)C)C4CCC(C)CC4)nc3c2F)c(C(=O)N(C)C)n1. The lowest BCUT2D eigenvalue weighted by Crippen LogP contribution is -2.39. The quantitative estimate of drug-likeness (QED) is 0.452. The summed E-state index contributed by atoms with van der Waals surface area (Å²) >= 11 is 0. The molecule has 2 heterocycles. The Bertz CT molecular complexity index is 1340. The summed E-state index contributed by atoms with van der Waals surface area (Å²) in [7, 11) is 3.24. The molecule has 1 aliphatic carbocycles. The van der Waals surface area contributed by atoms with Crippen LogP contribution in [0.2, 0.25) is 0 Å². The van der Waals surface area contributed by atoms with Gasteiger partial charge in [0.05, 0.1) is 11.6 Å². The molecule has 9 nitrogen and oxygen atoms in total. The highest BCUT2D eigenvalue weighted by molar-refractivity contribution is 5.99. The largest absolute Gasteiger partial charge is 0.444 e. The Morgan fingerprint density at radius 2 is 1.82 bits per heavy atom. The van der Waals surface area contributed by atoms with E-state index in [1.165, 1.54) is 11.1 Å². The molecule has 1 atom stereocenters. The van der Waals surface area contributed by atoms with Gasteiger partial charge in [-0.1, -0.05) is 19.8 Å². The fraction of sp³-hybridized carbons (Fsp3) is 0.536. The van der Waals surface area contributed by atoms with Crippen LogP contribution >= 0.6 is 0 Å². The third-order valence-corrected chi connectivity index (χ3v) is 6.92. The number of hydrogen-bond donors (Lipinski definition) is 2. The second-order valence-corrected chi connectivity index (χ2v) is 11.5. The van der Waals surface area contributed by atoms with Crippen LogP contribution in [-0.4, -0.2) is 56.5 Å². The molecule has 2 N–H and O–H groups in total. The number of carbonyl (C=O) groups is 2. The Hall–Kier alpha value is -3.56. The molecule has 0 unspecified atom stereocenters. The van der Waals surface area contributed by atoms with Gasteiger partial charge in [-0.2, -0.15) is 0 Å². The number of fused-ring (bicyclic) bond motifs is 1. The van der Waals surface area contributed by atoms with Crippen molar-refractivity contribution in [2.75, 3.05) is 14.1 Å². The summed E-state index contributed by atoms with van der Waals surface area (Å²) in [5.74, 6) is 0.725. The zero-order valence-corrected chi connectivity index (χ0v) is 23.2. The topological polar surface area (TPSA) is 113 Å². The van der Waals surface area contributed by atoms with Crippen LogP contribution in [0.5, 0.6) is 0 Å². The third-order valence-electron chi connectivity index (χ3n) is 6.92. The average Bonchev–Trinajstić information content (AvgIpc) is 3.27. The van der Waals surface area contributed by atoms with E-state index in [0.29, 0.717) is 28.6 Å². The first-order chi connectivity index (χ1) is 17.8. The van der Waals surface area contributed by atoms with Crippen LogP contribution in [0.3, 0.4) is 0 Å². The van der Waals surface area contributed by atoms with Crippen LogP contribution in [0.4, 0.5) is 9.18 Å². The van der Waals surface area contributed by atoms with Gasteiger partial charge in [-0.3, -0.25) is 4.79 Å². The van der Waals surface area contributed by atoms with Crippen molar-refractivity contribution < 1.29 is 18.7 Å². The molecule has 0 radical (unpaired) electrons. The number of aromatic nitrogens is 4. The Labute approximate surface area is 222 Å². The Kier molecular flexibility index (Phi) is 7.71. The minimum Gasteiger partial charge on any atom is -0.444 e. The predicted molar refractivity (Wildman–Crippen MR) is 143 cm³/mol. The number of benzene rings is 1. The maximum atomic E-state index is 16.0. The summed E-state index contributed by atoms with van der Waals surface area (Å²) in [5.41, 5.74) is 0.572. The van der Waals surface area contributed by atoms with Gasteiger partial charge in [-0.15, -0.1) is 0 Å². The molecule has 10 heteroatoms. The van der Waals surface area contributed by atoms with Crippen molar-refractivity contribution in [1.82, 2.24) is 30.2 Å². The summed E-state index contributed by atoms with van der Waals surface area (Å²) < 4.78 is 21.5. The van der Waals surface area contributed by atoms with Gasteiger partial charge in [0.2, 0.25) is 0 Å². The summed E-state index contributed by atoms with van der Waals surface area (Å²) in [6.45, 7) is 9.35. The van der Waals surface area contributed by atoms with Crippen LogP contribution < -0.4 is 5.32 Å². The number of halogens is 1. The Morgan fingerprint density at radius 1 is 1.13 bits per heavy atom. The van der Waals surface area contributed by atoms with Gasteiger partial charge in [0.25, 0.3) is 5.91 Å². The van der Waals surface area contributed by atoms with Gasteiger partial charge in [-0.25, -0.2) is 24.1 Å². The number of ether oxygens (including phenoxy) is 1. The standard InChI is InChI=1S/C28H37FN6O3/c1-15-8-10-17(11-9-15)22(34-27(37)38-28(3,4)5)25-32-20-13-12-18(21(29)24(20)33-25)19-14-30-16(2)31-23(19)26(36)35(6)7/h12-15,17,22H,8-11H2,1-7H3,(H,32,33)(H,34,37)/t15?,17?,22-/m0/s1. The lowest BCUT2D eigenvalue weighted by Gasteiger charge is -2.32.